The van der Waals surface area contributed by atoms with E-state index in [9.17, 15) is 0 Å². The van der Waals surface area contributed by atoms with E-state index in [-0.39, 0.29) is 0 Å². The molecule has 3 aromatic rings. The van der Waals surface area contributed by atoms with E-state index in [1.54, 1.807) is 11.3 Å². The Kier molecular flexibility index (Phi) is 4.32. The van der Waals surface area contributed by atoms with E-state index >= 15 is 0 Å². The maximum atomic E-state index is 5.41. The van der Waals surface area contributed by atoms with E-state index in [4.69, 9.17) is 4.52 Å². The first-order valence-electron chi connectivity index (χ1n) is 8.18. The van der Waals surface area contributed by atoms with Gasteiger partial charge in [-0.25, -0.2) is 0 Å². The van der Waals surface area contributed by atoms with Gasteiger partial charge in [0, 0.05) is 42.8 Å². The van der Waals surface area contributed by atoms with Crippen LogP contribution in [-0.4, -0.2) is 41.2 Å². The molecule has 1 fully saturated rings. The lowest BCUT2D eigenvalue weighted by molar-refractivity contribution is 0.215. The summed E-state index contributed by atoms with van der Waals surface area (Å²) in [5, 5.41) is 8.14. The summed E-state index contributed by atoms with van der Waals surface area (Å²) in [6.07, 6.45) is 0. The molecule has 1 aliphatic rings. The smallest absolute Gasteiger partial charge is 0.241 e. The molecule has 0 N–H and O–H groups in total. The Morgan fingerprint density at radius 2 is 1.96 bits per heavy atom. The molecule has 0 unspecified atom stereocenters. The van der Waals surface area contributed by atoms with Crippen molar-refractivity contribution in [2.75, 3.05) is 31.1 Å². The van der Waals surface area contributed by atoms with Crippen molar-refractivity contribution in [2.24, 2.45) is 0 Å². The molecule has 0 radical (unpaired) electrons. The summed E-state index contributed by atoms with van der Waals surface area (Å²) in [4.78, 5) is 9.34. The summed E-state index contributed by atoms with van der Waals surface area (Å²) >= 11 is 1.64. The maximum absolute atomic E-state index is 5.41. The number of rotatable bonds is 4. The van der Waals surface area contributed by atoms with E-state index in [2.05, 4.69) is 51.1 Å². The topological polar surface area (TPSA) is 45.4 Å². The molecule has 0 spiro atoms. The molecule has 6 heteroatoms. The van der Waals surface area contributed by atoms with Crippen molar-refractivity contribution in [1.82, 2.24) is 15.0 Å². The first-order chi connectivity index (χ1) is 11.8. The fraction of sp³-hybridized carbons (Fsp3) is 0.333. The molecular weight excluding hydrogens is 320 g/mol. The summed E-state index contributed by atoms with van der Waals surface area (Å²) in [7, 11) is 0. The van der Waals surface area contributed by atoms with Gasteiger partial charge in [0.2, 0.25) is 11.7 Å². The quantitative estimate of drug-likeness (QED) is 0.728. The number of thiophene rings is 1. The second kappa shape index (κ2) is 6.75. The number of aromatic nitrogens is 2. The molecule has 1 aliphatic heterocycles. The molecule has 0 saturated carbocycles. The Hall–Kier alpha value is -2.18. The molecular formula is C18H20N4OS. The van der Waals surface area contributed by atoms with Crippen LogP contribution in [0, 0.1) is 6.92 Å². The van der Waals surface area contributed by atoms with Gasteiger partial charge in [-0.05, 0) is 30.0 Å². The van der Waals surface area contributed by atoms with Crippen LogP contribution in [0.5, 0.6) is 0 Å². The number of aryl methyl sites for hydroxylation is 1. The predicted octanol–water partition coefficient (Wildman–Crippen LogP) is 3.43. The molecule has 24 heavy (non-hydrogen) atoms. The van der Waals surface area contributed by atoms with Crippen LogP contribution in [0.3, 0.4) is 0 Å². The van der Waals surface area contributed by atoms with Crippen LogP contribution < -0.4 is 4.90 Å². The second-order valence-electron chi connectivity index (χ2n) is 6.07. The highest BCUT2D eigenvalue weighted by Gasteiger charge is 2.20. The van der Waals surface area contributed by atoms with E-state index in [0.717, 1.165) is 38.3 Å². The fourth-order valence-corrected chi connectivity index (χ4v) is 3.72. The summed E-state index contributed by atoms with van der Waals surface area (Å²) in [5.74, 6) is 1.38. The van der Waals surface area contributed by atoms with E-state index in [0.29, 0.717) is 11.7 Å². The summed E-state index contributed by atoms with van der Waals surface area (Å²) < 4.78 is 5.41. The van der Waals surface area contributed by atoms with Gasteiger partial charge in [-0.15, -0.1) is 0 Å². The molecule has 0 amide bonds. The fourth-order valence-electron chi connectivity index (χ4n) is 3.08. The minimum atomic E-state index is 0.685. The van der Waals surface area contributed by atoms with Crippen molar-refractivity contribution >= 4 is 17.0 Å². The van der Waals surface area contributed by atoms with Gasteiger partial charge in [0.1, 0.15) is 0 Å². The molecule has 1 saturated heterocycles. The number of hydrogen-bond acceptors (Lipinski definition) is 6. The summed E-state index contributed by atoms with van der Waals surface area (Å²) in [6.45, 7) is 6.95. The molecule has 0 aliphatic carbocycles. The van der Waals surface area contributed by atoms with E-state index in [1.807, 2.05) is 16.8 Å². The lowest BCUT2D eigenvalue weighted by Crippen LogP contribution is -2.46. The Labute approximate surface area is 145 Å². The molecule has 1 aromatic carbocycles. The Morgan fingerprint density at radius 1 is 1.12 bits per heavy atom. The molecule has 0 atom stereocenters. The molecule has 124 valence electrons. The van der Waals surface area contributed by atoms with Gasteiger partial charge in [0.25, 0.3) is 0 Å². The first-order valence-corrected chi connectivity index (χ1v) is 9.12. The lowest BCUT2D eigenvalue weighted by Gasteiger charge is -2.36. The molecule has 5 nitrogen and oxygen atoms in total. The highest BCUT2D eigenvalue weighted by molar-refractivity contribution is 7.08. The third-order valence-corrected chi connectivity index (χ3v) is 5.12. The van der Waals surface area contributed by atoms with Gasteiger partial charge in [-0.3, -0.25) is 4.90 Å². The van der Waals surface area contributed by atoms with Crippen molar-refractivity contribution in [3.63, 3.8) is 0 Å². The highest BCUT2D eigenvalue weighted by atomic mass is 32.1. The highest BCUT2D eigenvalue weighted by Crippen LogP contribution is 2.22. The van der Waals surface area contributed by atoms with Crippen LogP contribution in [0.15, 0.2) is 45.6 Å². The summed E-state index contributed by atoms with van der Waals surface area (Å²) in [6, 6.07) is 10.6. The van der Waals surface area contributed by atoms with Crippen LogP contribution in [0.1, 0.15) is 11.5 Å². The Balaban J connectivity index is 1.36. The van der Waals surface area contributed by atoms with Gasteiger partial charge < -0.3 is 9.42 Å². The van der Waals surface area contributed by atoms with Crippen molar-refractivity contribution in [1.29, 1.82) is 0 Å². The average Bonchev–Trinajstić information content (AvgIpc) is 3.27. The van der Waals surface area contributed by atoms with Crippen molar-refractivity contribution < 1.29 is 4.52 Å². The number of piperazine rings is 1. The van der Waals surface area contributed by atoms with Crippen LogP contribution in [0.4, 0.5) is 5.69 Å². The number of benzene rings is 1. The van der Waals surface area contributed by atoms with Crippen molar-refractivity contribution in [2.45, 2.75) is 13.5 Å². The van der Waals surface area contributed by atoms with Crippen LogP contribution in [0.2, 0.25) is 0 Å². The lowest BCUT2D eigenvalue weighted by atomic mass is 10.1. The van der Waals surface area contributed by atoms with Crippen molar-refractivity contribution in [3.8, 4) is 11.4 Å². The minimum Gasteiger partial charge on any atom is -0.369 e. The van der Waals surface area contributed by atoms with Crippen LogP contribution >= 0.6 is 11.3 Å². The zero-order valence-corrected chi connectivity index (χ0v) is 14.5. The van der Waals surface area contributed by atoms with Gasteiger partial charge in [0.15, 0.2) is 0 Å². The second-order valence-corrected chi connectivity index (χ2v) is 6.85. The van der Waals surface area contributed by atoms with Crippen molar-refractivity contribution in [3.05, 3.63) is 52.5 Å². The molecule has 4 rings (SSSR count). The Bertz CT molecular complexity index is 791. The molecule has 2 aromatic heterocycles. The third-order valence-electron chi connectivity index (χ3n) is 4.43. The average molecular weight is 340 g/mol. The number of nitrogens with zero attached hydrogens (tertiary/aromatic N) is 4. The first kappa shape index (κ1) is 15.4. The zero-order chi connectivity index (χ0) is 16.4. The largest absolute Gasteiger partial charge is 0.369 e. The van der Waals surface area contributed by atoms with Gasteiger partial charge in [-0.2, -0.15) is 16.3 Å². The molecule has 3 heterocycles. The standard InChI is InChI=1S/C18H20N4OS/c1-14-4-2-3-5-16(14)22-9-7-21(8-10-22)12-17-19-18(20-23-17)15-6-11-24-13-15/h2-6,11,13H,7-10,12H2,1H3. The predicted molar refractivity (Wildman–Crippen MR) is 96.3 cm³/mol. The van der Waals surface area contributed by atoms with Crippen LogP contribution in [-0.2, 0) is 6.54 Å². The van der Waals surface area contributed by atoms with E-state index in [1.165, 1.54) is 11.3 Å². The summed E-state index contributed by atoms with van der Waals surface area (Å²) in [5.41, 5.74) is 3.71. The zero-order valence-electron chi connectivity index (χ0n) is 13.7. The monoisotopic (exact) mass is 340 g/mol. The van der Waals surface area contributed by atoms with Gasteiger partial charge >= 0.3 is 0 Å². The number of hydrogen-bond donors (Lipinski definition) is 0. The molecule has 0 bridgehead atoms. The van der Waals surface area contributed by atoms with E-state index < -0.39 is 0 Å². The minimum absolute atomic E-state index is 0.685. The maximum Gasteiger partial charge on any atom is 0.241 e. The van der Waals surface area contributed by atoms with Gasteiger partial charge in [0.05, 0.1) is 6.54 Å². The van der Waals surface area contributed by atoms with Crippen LogP contribution in [0.25, 0.3) is 11.4 Å². The Morgan fingerprint density at radius 3 is 2.71 bits per heavy atom. The SMILES string of the molecule is Cc1ccccc1N1CCN(Cc2nc(-c3ccsc3)no2)CC1. The van der Waals surface area contributed by atoms with Gasteiger partial charge in [-0.1, -0.05) is 23.4 Å². The number of para-hydroxylation sites is 1. The normalized spacial score (nSPS) is 15.8. The third kappa shape index (κ3) is 3.20. The number of anilines is 1.